The maximum atomic E-state index is 12.9. The summed E-state index contributed by atoms with van der Waals surface area (Å²) in [6.45, 7) is 5.19. The molecule has 0 aliphatic carbocycles. The van der Waals surface area contributed by atoms with Crippen LogP contribution >= 0.6 is 0 Å². The van der Waals surface area contributed by atoms with Gasteiger partial charge in [0.15, 0.2) is 0 Å². The number of Topliss-reactive ketones (excluding diaryl/α,β-unsaturated/α-hetero) is 1. The van der Waals surface area contributed by atoms with Crippen molar-refractivity contribution >= 4 is 22.5 Å². The quantitative estimate of drug-likeness (QED) is 0.653. The zero-order valence-electron chi connectivity index (χ0n) is 16.1. The highest BCUT2D eigenvalue weighted by atomic mass is 19.4. The number of halogens is 3. The summed E-state index contributed by atoms with van der Waals surface area (Å²) >= 11 is 0. The lowest BCUT2D eigenvalue weighted by molar-refractivity contribution is -0.892. The molecule has 0 bridgehead atoms. The zero-order valence-corrected chi connectivity index (χ0v) is 16.1. The fourth-order valence-corrected chi connectivity index (χ4v) is 3.98. The van der Waals surface area contributed by atoms with Crippen LogP contribution in [-0.2, 0) is 6.18 Å². The second-order valence-corrected chi connectivity index (χ2v) is 7.47. The maximum absolute atomic E-state index is 12.9. The van der Waals surface area contributed by atoms with Gasteiger partial charge >= 0.3 is 6.18 Å². The van der Waals surface area contributed by atoms with Gasteiger partial charge in [0.1, 0.15) is 38.9 Å². The summed E-state index contributed by atoms with van der Waals surface area (Å²) in [6, 6.07) is 10.3. The van der Waals surface area contributed by atoms with Crippen molar-refractivity contribution in [3.05, 3.63) is 59.4 Å². The third-order valence-corrected chi connectivity index (χ3v) is 5.52. The SMILES string of the molecule is Cc1[nH]c2ccccc2c1C(=O)C[NH+]1CCN(c2ccc(C(F)(F)F)c[nH+]2)CC1. The zero-order chi connectivity index (χ0) is 20.6. The Hall–Kier alpha value is -2.87. The number of fused-ring (bicyclic) bond motifs is 1. The lowest BCUT2D eigenvalue weighted by Gasteiger charge is -2.28. The molecule has 8 heteroatoms. The van der Waals surface area contributed by atoms with Gasteiger partial charge in [-0.05, 0) is 19.1 Å². The number of H-pyrrole nitrogens is 2. The predicted molar refractivity (Wildman–Crippen MR) is 103 cm³/mol. The molecule has 5 nitrogen and oxygen atoms in total. The number of nitrogens with zero attached hydrogens (tertiary/aromatic N) is 1. The number of aromatic nitrogens is 2. The minimum absolute atomic E-state index is 0.115. The molecule has 1 saturated heterocycles. The summed E-state index contributed by atoms with van der Waals surface area (Å²) in [5.74, 6) is 0.778. The van der Waals surface area contributed by atoms with Gasteiger partial charge in [0.25, 0.3) is 5.82 Å². The number of anilines is 1. The van der Waals surface area contributed by atoms with E-state index in [9.17, 15) is 18.0 Å². The number of rotatable bonds is 4. The van der Waals surface area contributed by atoms with E-state index in [-0.39, 0.29) is 5.78 Å². The lowest BCUT2D eigenvalue weighted by Crippen LogP contribution is -3.15. The van der Waals surface area contributed by atoms with Gasteiger partial charge in [0.2, 0.25) is 5.78 Å². The van der Waals surface area contributed by atoms with Gasteiger partial charge in [0, 0.05) is 22.7 Å². The molecule has 1 aromatic carbocycles. The summed E-state index contributed by atoms with van der Waals surface area (Å²) in [6.07, 6.45) is -3.35. The van der Waals surface area contributed by atoms with Gasteiger partial charge in [0.05, 0.1) is 11.1 Å². The first-order valence-corrected chi connectivity index (χ1v) is 9.61. The van der Waals surface area contributed by atoms with E-state index >= 15 is 0 Å². The van der Waals surface area contributed by atoms with Gasteiger partial charge in [-0.3, -0.25) is 9.69 Å². The Morgan fingerprint density at radius 1 is 1.17 bits per heavy atom. The lowest BCUT2D eigenvalue weighted by atomic mass is 10.1. The molecule has 0 saturated carbocycles. The topological polar surface area (TPSA) is 54.7 Å². The number of aromatic amines is 2. The average molecular weight is 404 g/mol. The molecule has 0 atom stereocenters. The van der Waals surface area contributed by atoms with E-state index in [0.717, 1.165) is 47.5 Å². The smallest absolute Gasteiger partial charge is 0.358 e. The van der Waals surface area contributed by atoms with Crippen molar-refractivity contribution < 1.29 is 27.8 Å². The molecule has 1 aliphatic rings. The van der Waals surface area contributed by atoms with Crippen LogP contribution < -0.4 is 14.8 Å². The highest BCUT2D eigenvalue weighted by Crippen LogP contribution is 2.28. The Morgan fingerprint density at radius 3 is 2.55 bits per heavy atom. The van der Waals surface area contributed by atoms with E-state index in [1.54, 1.807) is 0 Å². The number of ketones is 1. The molecule has 3 aromatic rings. The first-order chi connectivity index (χ1) is 13.8. The standard InChI is InChI=1S/C21H21F3N4O/c1-14-20(16-4-2-3-5-17(16)26-14)18(29)13-27-8-10-28(11-9-27)19-7-6-15(12-25-19)21(22,23)24/h2-7,12,26H,8-11,13H2,1H3/p+2. The van der Waals surface area contributed by atoms with Crippen molar-refractivity contribution in [1.82, 2.24) is 4.98 Å². The highest BCUT2D eigenvalue weighted by Gasteiger charge is 2.33. The summed E-state index contributed by atoms with van der Waals surface area (Å²) < 4.78 is 38.1. The Bertz CT molecular complexity index is 1020. The molecule has 4 rings (SSSR count). The van der Waals surface area contributed by atoms with E-state index in [4.69, 9.17) is 0 Å². The number of aryl methyl sites for hydroxylation is 1. The number of alkyl halides is 3. The van der Waals surface area contributed by atoms with Crippen LogP contribution in [0.4, 0.5) is 19.0 Å². The van der Waals surface area contributed by atoms with Crippen molar-refractivity contribution in [2.45, 2.75) is 13.1 Å². The monoisotopic (exact) mass is 404 g/mol. The Kier molecular flexibility index (Phi) is 5.04. The molecule has 29 heavy (non-hydrogen) atoms. The van der Waals surface area contributed by atoms with E-state index in [1.165, 1.54) is 11.0 Å². The van der Waals surface area contributed by atoms with Crippen LogP contribution in [0.15, 0.2) is 42.6 Å². The average Bonchev–Trinajstić information content (AvgIpc) is 3.04. The van der Waals surface area contributed by atoms with E-state index in [1.807, 2.05) is 36.1 Å². The molecule has 3 N–H and O–H groups in total. The predicted octanol–water partition coefficient (Wildman–Crippen LogP) is 1.90. The number of hydrogen-bond donors (Lipinski definition) is 2. The maximum Gasteiger partial charge on any atom is 0.419 e. The summed E-state index contributed by atoms with van der Waals surface area (Å²) in [5.41, 5.74) is 1.91. The van der Waals surface area contributed by atoms with Gasteiger partial charge in [-0.1, -0.05) is 18.2 Å². The van der Waals surface area contributed by atoms with Crippen LogP contribution in [0.5, 0.6) is 0 Å². The number of piperazine rings is 1. The summed E-state index contributed by atoms with van der Waals surface area (Å²) in [4.78, 5) is 22.1. The van der Waals surface area contributed by atoms with Crippen LogP contribution in [0, 0.1) is 6.92 Å². The Morgan fingerprint density at radius 2 is 1.90 bits per heavy atom. The second-order valence-electron chi connectivity index (χ2n) is 7.47. The Balaban J connectivity index is 1.38. The second kappa shape index (κ2) is 7.51. The number of carbonyl (C=O) groups is 1. The van der Waals surface area contributed by atoms with Crippen molar-refractivity contribution in [3.63, 3.8) is 0 Å². The summed E-state index contributed by atoms with van der Waals surface area (Å²) in [7, 11) is 0. The minimum Gasteiger partial charge on any atom is -0.358 e. The van der Waals surface area contributed by atoms with Crippen LogP contribution in [0.25, 0.3) is 10.9 Å². The number of pyridine rings is 1. The van der Waals surface area contributed by atoms with E-state index < -0.39 is 11.7 Å². The minimum atomic E-state index is -4.35. The van der Waals surface area contributed by atoms with Crippen LogP contribution in [-0.4, -0.2) is 43.5 Å². The number of para-hydroxylation sites is 1. The number of nitrogens with one attached hydrogen (secondary N) is 3. The summed E-state index contributed by atoms with van der Waals surface area (Å²) in [5, 5.41) is 0.951. The molecule has 1 fully saturated rings. The first-order valence-electron chi connectivity index (χ1n) is 9.61. The van der Waals surface area contributed by atoms with Crippen LogP contribution in [0.1, 0.15) is 21.6 Å². The molecule has 0 amide bonds. The van der Waals surface area contributed by atoms with Crippen molar-refractivity contribution in [1.29, 1.82) is 0 Å². The molecule has 1 aliphatic heterocycles. The van der Waals surface area contributed by atoms with Crippen LogP contribution in [0.2, 0.25) is 0 Å². The van der Waals surface area contributed by atoms with Gasteiger partial charge < -0.3 is 9.88 Å². The third-order valence-electron chi connectivity index (χ3n) is 5.52. The molecule has 3 heterocycles. The number of carbonyl (C=O) groups excluding carboxylic acids is 1. The molecular formula is C21H23F3N4O+2. The first kappa shape index (κ1) is 19.4. The van der Waals surface area contributed by atoms with Crippen molar-refractivity contribution in [3.8, 4) is 0 Å². The molecule has 0 radical (unpaired) electrons. The van der Waals surface area contributed by atoms with Crippen LogP contribution in [0.3, 0.4) is 0 Å². The van der Waals surface area contributed by atoms with Gasteiger partial charge in [-0.2, -0.15) is 13.2 Å². The van der Waals surface area contributed by atoms with Crippen molar-refractivity contribution in [2.24, 2.45) is 0 Å². The molecule has 152 valence electrons. The van der Waals surface area contributed by atoms with Crippen molar-refractivity contribution in [2.75, 3.05) is 37.6 Å². The largest absolute Gasteiger partial charge is 0.419 e. The Labute approximate surface area is 166 Å². The normalized spacial score (nSPS) is 15.8. The third kappa shape index (κ3) is 3.98. The number of hydrogen-bond acceptors (Lipinski definition) is 2. The fraction of sp³-hybridized carbons (Fsp3) is 0.333. The van der Waals surface area contributed by atoms with Gasteiger partial charge in [-0.15, -0.1) is 0 Å². The molecule has 0 unspecified atom stereocenters. The fourth-order valence-electron chi connectivity index (χ4n) is 3.98. The molecular weight excluding hydrogens is 381 g/mol. The number of quaternary nitrogens is 1. The molecule has 2 aromatic heterocycles. The number of benzene rings is 1. The van der Waals surface area contributed by atoms with E-state index in [0.29, 0.717) is 25.5 Å². The van der Waals surface area contributed by atoms with E-state index in [2.05, 4.69) is 9.97 Å². The molecule has 0 spiro atoms. The highest BCUT2D eigenvalue weighted by molar-refractivity contribution is 6.09. The van der Waals surface area contributed by atoms with Gasteiger partial charge in [-0.25, -0.2) is 4.98 Å².